The maximum atomic E-state index is 11.6. The SMILES string of the molecule is CN(C)S(=O)(=O)CCNCc1ccc2ccccc2c1. The van der Waals surface area contributed by atoms with Gasteiger partial charge in [0.05, 0.1) is 5.75 Å². The maximum absolute atomic E-state index is 11.6. The number of fused-ring (bicyclic) bond motifs is 1. The third-order valence-electron chi connectivity index (χ3n) is 3.24. The van der Waals surface area contributed by atoms with Crippen molar-refractivity contribution in [1.82, 2.24) is 9.62 Å². The van der Waals surface area contributed by atoms with E-state index < -0.39 is 10.0 Å². The zero-order valence-electron chi connectivity index (χ0n) is 11.8. The van der Waals surface area contributed by atoms with Crippen LogP contribution in [-0.4, -0.2) is 39.1 Å². The summed E-state index contributed by atoms with van der Waals surface area (Å²) in [5.41, 5.74) is 1.16. The molecule has 108 valence electrons. The molecule has 2 aromatic carbocycles. The van der Waals surface area contributed by atoms with Gasteiger partial charge in [-0.3, -0.25) is 0 Å². The zero-order chi connectivity index (χ0) is 14.6. The summed E-state index contributed by atoms with van der Waals surface area (Å²) in [6.45, 7) is 1.13. The van der Waals surface area contributed by atoms with Crippen molar-refractivity contribution in [2.24, 2.45) is 0 Å². The molecule has 0 aromatic heterocycles. The van der Waals surface area contributed by atoms with Crippen molar-refractivity contribution < 1.29 is 8.42 Å². The second kappa shape index (κ2) is 6.35. The van der Waals surface area contributed by atoms with Gasteiger partial charge in [0.25, 0.3) is 0 Å². The van der Waals surface area contributed by atoms with Crippen LogP contribution in [0.4, 0.5) is 0 Å². The van der Waals surface area contributed by atoms with Crippen molar-refractivity contribution in [1.29, 1.82) is 0 Å². The van der Waals surface area contributed by atoms with Gasteiger partial charge in [0.2, 0.25) is 10.0 Å². The van der Waals surface area contributed by atoms with Crippen LogP contribution in [0.1, 0.15) is 5.56 Å². The number of nitrogens with one attached hydrogen (secondary N) is 1. The number of hydrogen-bond donors (Lipinski definition) is 1. The molecule has 0 atom stereocenters. The fourth-order valence-corrected chi connectivity index (χ4v) is 2.73. The van der Waals surface area contributed by atoms with Crippen LogP contribution >= 0.6 is 0 Å². The molecule has 0 unspecified atom stereocenters. The van der Waals surface area contributed by atoms with Crippen molar-refractivity contribution in [3.63, 3.8) is 0 Å². The van der Waals surface area contributed by atoms with Gasteiger partial charge in [0.1, 0.15) is 0 Å². The summed E-state index contributed by atoms with van der Waals surface area (Å²) in [4.78, 5) is 0. The molecule has 0 aliphatic rings. The summed E-state index contributed by atoms with van der Waals surface area (Å²) in [6, 6.07) is 14.5. The molecule has 0 aliphatic heterocycles. The van der Waals surface area contributed by atoms with Crippen LogP contribution in [-0.2, 0) is 16.6 Å². The molecule has 2 aromatic rings. The Balaban J connectivity index is 1.90. The fraction of sp³-hybridized carbons (Fsp3) is 0.333. The first-order valence-corrected chi connectivity index (χ1v) is 8.18. The Morgan fingerprint density at radius 2 is 1.75 bits per heavy atom. The van der Waals surface area contributed by atoms with E-state index in [-0.39, 0.29) is 5.75 Å². The quantitative estimate of drug-likeness (QED) is 0.826. The summed E-state index contributed by atoms with van der Waals surface area (Å²) in [6.07, 6.45) is 0. The molecule has 0 radical (unpaired) electrons. The van der Waals surface area contributed by atoms with E-state index in [0.717, 1.165) is 5.56 Å². The Labute approximate surface area is 120 Å². The van der Waals surface area contributed by atoms with E-state index >= 15 is 0 Å². The molecule has 0 amide bonds. The zero-order valence-corrected chi connectivity index (χ0v) is 12.7. The summed E-state index contributed by atoms with van der Waals surface area (Å²) in [5, 5.41) is 5.59. The predicted molar refractivity (Wildman–Crippen MR) is 83.1 cm³/mol. The Kier molecular flexibility index (Phi) is 4.75. The minimum atomic E-state index is -3.12. The fourth-order valence-electron chi connectivity index (χ4n) is 1.97. The molecule has 0 spiro atoms. The first-order valence-electron chi connectivity index (χ1n) is 6.58. The number of rotatable bonds is 6. The van der Waals surface area contributed by atoms with Gasteiger partial charge < -0.3 is 5.32 Å². The van der Waals surface area contributed by atoms with Gasteiger partial charge >= 0.3 is 0 Å². The molecule has 4 nitrogen and oxygen atoms in total. The van der Waals surface area contributed by atoms with Crippen LogP contribution in [0.25, 0.3) is 10.8 Å². The first kappa shape index (κ1) is 15.0. The van der Waals surface area contributed by atoms with Gasteiger partial charge in [-0.1, -0.05) is 36.4 Å². The molecule has 0 saturated heterocycles. The summed E-state index contributed by atoms with van der Waals surface area (Å²) < 4.78 is 24.5. The van der Waals surface area contributed by atoms with E-state index in [1.165, 1.54) is 15.1 Å². The molecular weight excluding hydrogens is 272 g/mol. The molecule has 0 fully saturated rings. The minimum absolute atomic E-state index is 0.119. The summed E-state index contributed by atoms with van der Waals surface area (Å²) >= 11 is 0. The monoisotopic (exact) mass is 292 g/mol. The van der Waals surface area contributed by atoms with E-state index in [1.807, 2.05) is 12.1 Å². The largest absolute Gasteiger partial charge is 0.312 e. The molecule has 2 rings (SSSR count). The second-order valence-electron chi connectivity index (χ2n) is 4.96. The molecule has 0 bridgehead atoms. The summed E-state index contributed by atoms with van der Waals surface area (Å²) in [5.74, 6) is 0.119. The van der Waals surface area contributed by atoms with Gasteiger partial charge in [0.15, 0.2) is 0 Å². The average molecular weight is 292 g/mol. The van der Waals surface area contributed by atoms with Gasteiger partial charge in [-0.15, -0.1) is 0 Å². The maximum Gasteiger partial charge on any atom is 0.214 e. The second-order valence-corrected chi connectivity index (χ2v) is 7.26. The lowest BCUT2D eigenvalue weighted by Crippen LogP contribution is -2.30. The number of hydrogen-bond acceptors (Lipinski definition) is 3. The highest BCUT2D eigenvalue weighted by atomic mass is 32.2. The lowest BCUT2D eigenvalue weighted by Gasteiger charge is -2.11. The Morgan fingerprint density at radius 1 is 1.05 bits per heavy atom. The van der Waals surface area contributed by atoms with Crippen LogP contribution in [0.3, 0.4) is 0 Å². The number of sulfonamides is 1. The molecule has 5 heteroatoms. The van der Waals surface area contributed by atoms with E-state index in [2.05, 4.69) is 35.6 Å². The average Bonchev–Trinajstić information content (AvgIpc) is 2.43. The van der Waals surface area contributed by atoms with Crippen molar-refractivity contribution >= 4 is 20.8 Å². The topological polar surface area (TPSA) is 49.4 Å². The minimum Gasteiger partial charge on any atom is -0.312 e. The first-order chi connectivity index (χ1) is 9.49. The lowest BCUT2D eigenvalue weighted by molar-refractivity contribution is 0.517. The van der Waals surface area contributed by atoms with E-state index in [4.69, 9.17) is 0 Å². The van der Waals surface area contributed by atoms with Crippen LogP contribution in [0.15, 0.2) is 42.5 Å². The molecule has 0 saturated carbocycles. The van der Waals surface area contributed by atoms with Crippen molar-refractivity contribution in [3.05, 3.63) is 48.0 Å². The van der Waals surface area contributed by atoms with E-state index in [9.17, 15) is 8.42 Å². The summed E-state index contributed by atoms with van der Waals surface area (Å²) in [7, 11) is -0.00800. The number of benzene rings is 2. The van der Waals surface area contributed by atoms with Gasteiger partial charge in [0, 0.05) is 27.2 Å². The van der Waals surface area contributed by atoms with Crippen LogP contribution in [0.2, 0.25) is 0 Å². The van der Waals surface area contributed by atoms with E-state index in [1.54, 1.807) is 14.1 Å². The van der Waals surface area contributed by atoms with E-state index in [0.29, 0.717) is 13.1 Å². The Bertz CT molecular complexity index is 681. The molecule has 0 aliphatic carbocycles. The Morgan fingerprint density at radius 3 is 2.45 bits per heavy atom. The van der Waals surface area contributed by atoms with Crippen molar-refractivity contribution in [2.45, 2.75) is 6.54 Å². The third-order valence-corrected chi connectivity index (χ3v) is 5.07. The smallest absolute Gasteiger partial charge is 0.214 e. The molecule has 0 heterocycles. The van der Waals surface area contributed by atoms with Crippen LogP contribution in [0, 0.1) is 0 Å². The highest BCUT2D eigenvalue weighted by molar-refractivity contribution is 7.89. The van der Waals surface area contributed by atoms with Gasteiger partial charge in [-0.25, -0.2) is 12.7 Å². The van der Waals surface area contributed by atoms with Gasteiger partial charge in [-0.05, 0) is 22.4 Å². The number of nitrogens with zero attached hydrogens (tertiary/aromatic N) is 1. The predicted octanol–water partition coefficient (Wildman–Crippen LogP) is 1.82. The highest BCUT2D eigenvalue weighted by Crippen LogP contribution is 2.15. The normalized spacial score (nSPS) is 12.2. The van der Waals surface area contributed by atoms with Crippen molar-refractivity contribution in [2.75, 3.05) is 26.4 Å². The Hall–Kier alpha value is -1.43. The molecule has 20 heavy (non-hydrogen) atoms. The molecule has 1 N–H and O–H groups in total. The molecular formula is C15H20N2O2S. The van der Waals surface area contributed by atoms with Gasteiger partial charge in [-0.2, -0.15) is 0 Å². The van der Waals surface area contributed by atoms with Crippen molar-refractivity contribution in [3.8, 4) is 0 Å². The standard InChI is InChI=1S/C15H20N2O2S/c1-17(2)20(18,19)10-9-16-12-13-7-8-14-5-3-4-6-15(14)11-13/h3-8,11,16H,9-10,12H2,1-2H3. The van der Waals surface area contributed by atoms with Crippen LogP contribution < -0.4 is 5.32 Å². The third kappa shape index (κ3) is 3.79. The lowest BCUT2D eigenvalue weighted by atomic mass is 10.1. The highest BCUT2D eigenvalue weighted by Gasteiger charge is 2.12. The van der Waals surface area contributed by atoms with Crippen LogP contribution in [0.5, 0.6) is 0 Å².